The van der Waals surface area contributed by atoms with Gasteiger partial charge in [-0.25, -0.2) is 4.79 Å². The van der Waals surface area contributed by atoms with Crippen LogP contribution in [0, 0.1) is 0 Å². The maximum absolute atomic E-state index is 12.7. The summed E-state index contributed by atoms with van der Waals surface area (Å²) in [5.41, 5.74) is -0.0509. The van der Waals surface area contributed by atoms with E-state index in [1.54, 1.807) is 29.2 Å². The molecular weight excluding hydrogens is 404 g/mol. The lowest BCUT2D eigenvalue weighted by Crippen LogP contribution is -2.38. The van der Waals surface area contributed by atoms with Crippen molar-refractivity contribution < 1.29 is 34.1 Å². The average Bonchev–Trinajstić information content (AvgIpc) is 3.59. The highest BCUT2D eigenvalue weighted by atomic mass is 16.5. The van der Waals surface area contributed by atoms with Gasteiger partial charge in [-0.15, -0.1) is 0 Å². The molecule has 0 atom stereocenters. The highest BCUT2D eigenvalue weighted by Gasteiger charge is 2.33. The topological polar surface area (TPSA) is 125 Å². The average molecular weight is 428 g/mol. The monoisotopic (exact) mass is 428 g/mol. The van der Waals surface area contributed by atoms with Crippen LogP contribution in [0.2, 0.25) is 0 Å². The molecule has 0 bridgehead atoms. The SMILES string of the molecule is COc1ccccc1OCC(=O)N(CCC(=O)Nc1ccc(O)c(C(=O)O)c1)C1CC1. The zero-order valence-electron chi connectivity index (χ0n) is 17.0. The number of para-hydroxylation sites is 2. The Labute approximate surface area is 179 Å². The molecule has 31 heavy (non-hydrogen) atoms. The van der Waals surface area contributed by atoms with Crippen molar-refractivity contribution in [1.82, 2.24) is 4.90 Å². The number of anilines is 1. The molecule has 9 heteroatoms. The molecule has 3 rings (SSSR count). The van der Waals surface area contributed by atoms with Crippen molar-refractivity contribution in [3.8, 4) is 17.2 Å². The first kappa shape index (κ1) is 21.9. The van der Waals surface area contributed by atoms with Gasteiger partial charge in [-0.05, 0) is 43.2 Å². The van der Waals surface area contributed by atoms with Crippen LogP contribution < -0.4 is 14.8 Å². The van der Waals surface area contributed by atoms with Crippen LogP contribution in [-0.2, 0) is 9.59 Å². The number of aromatic hydroxyl groups is 1. The van der Waals surface area contributed by atoms with Crippen molar-refractivity contribution in [2.24, 2.45) is 0 Å². The van der Waals surface area contributed by atoms with E-state index < -0.39 is 5.97 Å². The number of ether oxygens (including phenoxy) is 2. The zero-order valence-corrected chi connectivity index (χ0v) is 17.0. The van der Waals surface area contributed by atoms with E-state index in [9.17, 15) is 19.5 Å². The van der Waals surface area contributed by atoms with E-state index >= 15 is 0 Å². The number of amides is 2. The summed E-state index contributed by atoms with van der Waals surface area (Å²) < 4.78 is 10.8. The standard InChI is InChI=1S/C22H24N2O7/c1-30-18-4-2-3-5-19(18)31-13-21(27)24(15-7-8-15)11-10-20(26)23-14-6-9-17(25)16(12-14)22(28)29/h2-6,9,12,15,25H,7-8,10-11,13H2,1H3,(H,23,26)(H,28,29). The Morgan fingerprint density at radius 3 is 2.48 bits per heavy atom. The fourth-order valence-corrected chi connectivity index (χ4v) is 3.09. The maximum atomic E-state index is 12.7. The Morgan fingerprint density at radius 2 is 1.84 bits per heavy atom. The number of hydrogen-bond donors (Lipinski definition) is 3. The Morgan fingerprint density at radius 1 is 1.13 bits per heavy atom. The summed E-state index contributed by atoms with van der Waals surface area (Å²) in [6.45, 7) is 0.0485. The van der Waals surface area contributed by atoms with Gasteiger partial charge >= 0.3 is 5.97 Å². The molecular formula is C22H24N2O7. The van der Waals surface area contributed by atoms with Crippen LogP contribution in [0.25, 0.3) is 0 Å². The van der Waals surface area contributed by atoms with Crippen molar-refractivity contribution in [3.05, 3.63) is 48.0 Å². The summed E-state index contributed by atoms with van der Waals surface area (Å²) in [6.07, 6.45) is 1.80. The quantitative estimate of drug-likeness (QED) is 0.497. The first-order valence-electron chi connectivity index (χ1n) is 9.80. The summed E-state index contributed by atoms with van der Waals surface area (Å²) in [4.78, 5) is 37.7. The fraction of sp³-hybridized carbons (Fsp3) is 0.318. The van der Waals surface area contributed by atoms with Gasteiger partial charge in [-0.1, -0.05) is 12.1 Å². The molecule has 0 heterocycles. The van der Waals surface area contributed by atoms with Crippen molar-refractivity contribution in [2.45, 2.75) is 25.3 Å². The van der Waals surface area contributed by atoms with E-state index in [0.717, 1.165) is 12.8 Å². The molecule has 1 fully saturated rings. The molecule has 1 aliphatic carbocycles. The Hall–Kier alpha value is -3.75. The van der Waals surface area contributed by atoms with Gasteiger partial charge < -0.3 is 29.9 Å². The summed E-state index contributed by atoms with van der Waals surface area (Å²) in [7, 11) is 1.52. The van der Waals surface area contributed by atoms with Gasteiger partial charge in [0.15, 0.2) is 18.1 Å². The lowest BCUT2D eigenvalue weighted by atomic mass is 10.1. The molecule has 0 radical (unpaired) electrons. The molecule has 164 valence electrons. The second-order valence-corrected chi connectivity index (χ2v) is 7.09. The molecule has 1 saturated carbocycles. The van der Waals surface area contributed by atoms with Crippen LogP contribution in [-0.4, -0.2) is 59.2 Å². The van der Waals surface area contributed by atoms with Gasteiger partial charge in [-0.3, -0.25) is 9.59 Å². The van der Waals surface area contributed by atoms with Gasteiger partial charge in [0.05, 0.1) is 7.11 Å². The van der Waals surface area contributed by atoms with Crippen molar-refractivity contribution in [1.29, 1.82) is 0 Å². The van der Waals surface area contributed by atoms with Crippen LogP contribution in [0.3, 0.4) is 0 Å². The summed E-state index contributed by atoms with van der Waals surface area (Å²) in [6, 6.07) is 10.9. The summed E-state index contributed by atoms with van der Waals surface area (Å²) in [5, 5.41) is 21.2. The Bertz CT molecular complexity index is 972. The molecule has 3 N–H and O–H groups in total. The van der Waals surface area contributed by atoms with E-state index in [0.29, 0.717) is 11.5 Å². The number of benzene rings is 2. The van der Waals surface area contributed by atoms with Gasteiger partial charge in [-0.2, -0.15) is 0 Å². The number of carboxylic acid groups (broad SMARTS) is 1. The fourth-order valence-electron chi connectivity index (χ4n) is 3.09. The van der Waals surface area contributed by atoms with Crippen LogP contribution in [0.1, 0.15) is 29.6 Å². The van der Waals surface area contributed by atoms with E-state index in [2.05, 4.69) is 5.32 Å². The third kappa shape index (κ3) is 5.88. The molecule has 0 aliphatic heterocycles. The second kappa shape index (κ2) is 9.84. The van der Waals surface area contributed by atoms with E-state index in [1.165, 1.54) is 25.3 Å². The predicted octanol–water partition coefficient (Wildman–Crippen LogP) is 2.50. The third-order valence-electron chi connectivity index (χ3n) is 4.82. The molecule has 0 unspecified atom stereocenters. The molecule has 9 nitrogen and oxygen atoms in total. The van der Waals surface area contributed by atoms with Crippen molar-refractivity contribution >= 4 is 23.5 Å². The zero-order chi connectivity index (χ0) is 22.4. The number of carbonyl (C=O) groups excluding carboxylic acids is 2. The minimum absolute atomic E-state index is 0.0418. The predicted molar refractivity (Wildman–Crippen MR) is 112 cm³/mol. The number of methoxy groups -OCH3 is 1. The summed E-state index contributed by atoms with van der Waals surface area (Å²) >= 11 is 0. The number of nitrogens with zero attached hydrogens (tertiary/aromatic N) is 1. The van der Waals surface area contributed by atoms with Crippen LogP contribution in [0.4, 0.5) is 5.69 Å². The van der Waals surface area contributed by atoms with Crippen LogP contribution >= 0.6 is 0 Å². The normalized spacial score (nSPS) is 12.7. The Balaban J connectivity index is 1.54. The number of phenols is 1. The third-order valence-corrected chi connectivity index (χ3v) is 4.82. The van der Waals surface area contributed by atoms with Gasteiger partial charge in [0.1, 0.15) is 11.3 Å². The smallest absolute Gasteiger partial charge is 0.339 e. The van der Waals surface area contributed by atoms with E-state index in [1.807, 2.05) is 0 Å². The first-order chi connectivity index (χ1) is 14.9. The molecule has 0 aromatic heterocycles. The van der Waals surface area contributed by atoms with E-state index in [-0.39, 0.29) is 54.4 Å². The number of carboxylic acids is 1. The van der Waals surface area contributed by atoms with E-state index in [4.69, 9.17) is 14.6 Å². The highest BCUT2D eigenvalue weighted by Crippen LogP contribution is 2.29. The largest absolute Gasteiger partial charge is 0.507 e. The number of nitrogens with one attached hydrogen (secondary N) is 1. The van der Waals surface area contributed by atoms with Crippen LogP contribution in [0.15, 0.2) is 42.5 Å². The number of aromatic carboxylic acids is 1. The lowest BCUT2D eigenvalue weighted by Gasteiger charge is -2.22. The molecule has 2 aromatic rings. The number of carbonyl (C=O) groups is 3. The van der Waals surface area contributed by atoms with Crippen molar-refractivity contribution in [3.63, 3.8) is 0 Å². The molecule has 2 amide bonds. The molecule has 2 aromatic carbocycles. The second-order valence-electron chi connectivity index (χ2n) is 7.09. The maximum Gasteiger partial charge on any atom is 0.339 e. The molecule has 0 spiro atoms. The number of hydrogen-bond acceptors (Lipinski definition) is 6. The Kier molecular flexibility index (Phi) is 6.96. The molecule has 0 saturated heterocycles. The highest BCUT2D eigenvalue weighted by molar-refractivity contribution is 5.95. The number of rotatable bonds is 10. The van der Waals surface area contributed by atoms with Crippen molar-refractivity contribution in [2.75, 3.05) is 25.6 Å². The first-order valence-corrected chi connectivity index (χ1v) is 9.80. The van der Waals surface area contributed by atoms with Gasteiger partial charge in [0, 0.05) is 24.7 Å². The van der Waals surface area contributed by atoms with Gasteiger partial charge in [0.2, 0.25) is 5.91 Å². The van der Waals surface area contributed by atoms with Crippen LogP contribution in [0.5, 0.6) is 17.2 Å². The van der Waals surface area contributed by atoms with Gasteiger partial charge in [0.25, 0.3) is 5.91 Å². The molecule has 1 aliphatic rings. The summed E-state index contributed by atoms with van der Waals surface area (Å²) in [5.74, 6) is -1.28. The lowest BCUT2D eigenvalue weighted by molar-refractivity contribution is -0.134. The minimum atomic E-state index is -1.30. The minimum Gasteiger partial charge on any atom is -0.507 e.